The largest absolute Gasteiger partial charge is 0.508 e. The Balaban J connectivity index is 1.95. The minimum atomic E-state index is -1.79. The molecule has 0 spiro atoms. The molecule has 0 aliphatic carbocycles. The minimum Gasteiger partial charge on any atom is -0.508 e. The number of nitrogens with one attached hydrogen (secondary N) is 9. The van der Waals surface area contributed by atoms with Gasteiger partial charge in [-0.3, -0.25) is 67.5 Å². The molecular formula is C65H106N20O14. The second kappa shape index (κ2) is 44.3. The number of primary amides is 1. The van der Waals surface area contributed by atoms with E-state index in [0.29, 0.717) is 56.2 Å². The van der Waals surface area contributed by atoms with E-state index in [-0.39, 0.29) is 114 Å². The number of carbonyl (C=O) groups excluding carboxylic acids is 11. The lowest BCUT2D eigenvalue weighted by Gasteiger charge is -2.32. The van der Waals surface area contributed by atoms with Crippen LogP contribution < -0.4 is 93.7 Å². The fourth-order valence-electron chi connectivity index (χ4n) is 10.8. The van der Waals surface area contributed by atoms with E-state index >= 15 is 0 Å². The summed E-state index contributed by atoms with van der Waals surface area (Å²) < 4.78 is 0. The first-order valence-corrected chi connectivity index (χ1v) is 33.6. The molecule has 1 saturated heterocycles. The number of hydrogen-bond acceptors (Lipinski definition) is 18. The number of guanidine groups is 2. The Labute approximate surface area is 577 Å². The van der Waals surface area contributed by atoms with Gasteiger partial charge >= 0.3 is 5.97 Å². The topological polar surface area (TPSA) is 590 Å². The van der Waals surface area contributed by atoms with Gasteiger partial charge in [0.05, 0.1) is 19.0 Å². The highest BCUT2D eigenvalue weighted by atomic mass is 16.4. The van der Waals surface area contributed by atoms with Gasteiger partial charge in [0.1, 0.15) is 60.1 Å². The third kappa shape index (κ3) is 31.1. The molecule has 0 aromatic heterocycles. The Hall–Kier alpha value is -9.70. The van der Waals surface area contributed by atoms with E-state index in [2.05, 4.69) is 57.8 Å². The van der Waals surface area contributed by atoms with Gasteiger partial charge in [-0.15, -0.1) is 0 Å². The molecule has 1 aliphatic heterocycles. The SMILES string of the molecule is CC[C@H](C)[C@H](NC(=O)[C@H](CCCCN)NC(=O)[C@H](CCCN=C(N)N)NC(=O)[C@H](CC(C)C)NC(=O)[C@H](Cc1ccccc1)NC(=O)[C@H](CC(=O)O)NC(=O)CNC(=O)[C@@H](N)Cc1ccc(O)cc1)C(=O)N[C@@H](CCCN=C(N)N)C(=O)N1CCC[C@H]1C(=O)N[C@@H](CCCCN)C(N)=O. The molecule has 0 radical (unpaired) electrons. The molecule has 11 atom stereocenters. The van der Waals surface area contributed by atoms with Crippen LogP contribution in [0.4, 0.5) is 0 Å². The summed E-state index contributed by atoms with van der Waals surface area (Å²) in [6.45, 7) is 7.03. The second-order valence-corrected chi connectivity index (χ2v) is 25.0. The van der Waals surface area contributed by atoms with E-state index < -0.39 is 150 Å². The fraction of sp³-hybridized carbons (Fsp3) is 0.600. The van der Waals surface area contributed by atoms with Crippen LogP contribution in [0.5, 0.6) is 5.75 Å². The maximum Gasteiger partial charge on any atom is 0.305 e. The number of benzene rings is 2. The number of aromatic hydroxyl groups is 1. The number of phenolic OH excluding ortho intramolecular Hbond substituents is 1. The minimum absolute atomic E-state index is 0.000393. The number of nitrogens with two attached hydrogens (primary N) is 8. The van der Waals surface area contributed by atoms with Crippen LogP contribution in [0.25, 0.3) is 0 Å². The number of aliphatic carboxylic acids is 1. The lowest BCUT2D eigenvalue weighted by Crippen LogP contribution is -2.61. The lowest BCUT2D eigenvalue weighted by atomic mass is 9.96. The predicted octanol–water partition coefficient (Wildman–Crippen LogP) is -4.09. The molecule has 11 amide bonds. The summed E-state index contributed by atoms with van der Waals surface area (Å²) in [5.41, 5.74) is 46.7. The van der Waals surface area contributed by atoms with E-state index in [1.54, 1.807) is 70.2 Å². The number of carboxylic acid groups (broad SMARTS) is 1. The Kier molecular flexibility index (Phi) is 37.3. The summed E-state index contributed by atoms with van der Waals surface area (Å²) in [5, 5.41) is 43.0. The molecule has 0 bridgehead atoms. The molecule has 2 aromatic rings. The average molecular weight is 1390 g/mol. The molecule has 1 aliphatic rings. The number of rotatable bonds is 46. The Bertz CT molecular complexity index is 3040. The molecule has 99 heavy (non-hydrogen) atoms. The van der Waals surface area contributed by atoms with Crippen LogP contribution in [0, 0.1) is 11.8 Å². The van der Waals surface area contributed by atoms with Crippen molar-refractivity contribution in [2.45, 2.75) is 197 Å². The summed E-state index contributed by atoms with van der Waals surface area (Å²) in [6, 6.07) is 0.938. The van der Waals surface area contributed by atoms with Crippen LogP contribution >= 0.6 is 0 Å². The number of phenols is 1. The lowest BCUT2D eigenvalue weighted by molar-refractivity contribution is -0.142. The third-order valence-electron chi connectivity index (χ3n) is 16.4. The van der Waals surface area contributed by atoms with Gasteiger partial charge in [-0.05, 0) is 138 Å². The Morgan fingerprint density at radius 2 is 1.05 bits per heavy atom. The first-order chi connectivity index (χ1) is 47.0. The molecule has 0 unspecified atom stereocenters. The molecule has 1 heterocycles. The first-order valence-electron chi connectivity index (χ1n) is 33.6. The fourth-order valence-corrected chi connectivity index (χ4v) is 10.8. The van der Waals surface area contributed by atoms with E-state index in [1.165, 1.54) is 17.0 Å². The standard InChI is InChI=1S/C65H106N20O14/c1-5-38(4)53(62(98)81-46(21-14-30-75-65(72)73)63(99)85-31-15-22-50(85)61(97)78-43(54(69)90)18-9-11-27-66)84-57(93)44(19-10-12-28-67)79-56(92)45(20-13-29-74-64(70)71)80-58(94)47(32-37(2)3)82-59(95)48(34-39-16-7-6-8-17-39)83-60(96)49(35-52(88)89)77-51(87)36-76-55(91)42(68)33-40-23-25-41(86)26-24-40/h6-8,16-17,23-26,37-38,42-50,53,86H,5,9-15,18-22,27-36,66-68H2,1-4H3,(H2,69,90)(H,76,91)(H,77,87)(H,78,97)(H,79,92)(H,80,94)(H,81,98)(H,82,95)(H,83,96)(H,84,93)(H,88,89)(H4,70,71,74)(H4,72,73,75)/t38-,42-,43-,44-,45-,46-,47-,48-,49-,50-,53-/m0/s1. The van der Waals surface area contributed by atoms with Gasteiger partial charge in [-0.2, -0.15) is 0 Å². The number of hydrogen-bond donors (Lipinski definition) is 19. The van der Waals surface area contributed by atoms with Crippen molar-refractivity contribution in [1.82, 2.24) is 52.8 Å². The monoisotopic (exact) mass is 1390 g/mol. The van der Waals surface area contributed by atoms with Crippen molar-refractivity contribution < 1.29 is 67.7 Å². The molecule has 27 N–H and O–H groups in total. The number of nitrogens with zero attached hydrogens (tertiary/aromatic N) is 3. The second-order valence-electron chi connectivity index (χ2n) is 25.0. The average Bonchev–Trinajstić information content (AvgIpc) is 1.78. The van der Waals surface area contributed by atoms with Gasteiger partial charge in [0.15, 0.2) is 11.9 Å². The number of carboxylic acids is 1. The van der Waals surface area contributed by atoms with E-state index in [1.807, 2.05) is 0 Å². The summed E-state index contributed by atoms with van der Waals surface area (Å²) >= 11 is 0. The van der Waals surface area contributed by atoms with Crippen molar-refractivity contribution in [3.63, 3.8) is 0 Å². The molecule has 34 nitrogen and oxygen atoms in total. The van der Waals surface area contributed by atoms with Gasteiger partial charge in [0.25, 0.3) is 0 Å². The van der Waals surface area contributed by atoms with Gasteiger partial charge in [0.2, 0.25) is 65.0 Å². The smallest absolute Gasteiger partial charge is 0.305 e. The normalized spacial score (nSPS) is 15.6. The number of aliphatic imine (C=N–C) groups is 2. The van der Waals surface area contributed by atoms with Crippen LogP contribution in [-0.4, -0.2) is 198 Å². The Morgan fingerprint density at radius 1 is 0.556 bits per heavy atom. The van der Waals surface area contributed by atoms with Gasteiger partial charge in [-0.1, -0.05) is 76.6 Å². The zero-order valence-electron chi connectivity index (χ0n) is 57.1. The van der Waals surface area contributed by atoms with Crippen molar-refractivity contribution in [3.05, 3.63) is 65.7 Å². The first kappa shape index (κ1) is 83.5. The van der Waals surface area contributed by atoms with Crippen LogP contribution in [0.3, 0.4) is 0 Å². The van der Waals surface area contributed by atoms with E-state index in [4.69, 9.17) is 45.9 Å². The van der Waals surface area contributed by atoms with Gasteiger partial charge < -0.3 is 109 Å². The summed E-state index contributed by atoms with van der Waals surface area (Å²) in [5.74, 6) is -12.0. The number of amides is 11. The summed E-state index contributed by atoms with van der Waals surface area (Å²) in [4.78, 5) is 176. The van der Waals surface area contributed by atoms with E-state index in [0.717, 1.165) is 0 Å². The highest BCUT2D eigenvalue weighted by Crippen LogP contribution is 2.22. The number of unbranched alkanes of at least 4 members (excludes halogenated alkanes) is 2. The molecule has 0 saturated carbocycles. The number of carbonyl (C=O) groups is 12. The zero-order valence-corrected chi connectivity index (χ0v) is 57.1. The molecule has 34 heteroatoms. The van der Waals surface area contributed by atoms with Crippen molar-refractivity contribution in [3.8, 4) is 5.75 Å². The predicted molar refractivity (Wildman–Crippen MR) is 369 cm³/mol. The molecular weight excluding hydrogens is 1280 g/mol. The van der Waals surface area contributed by atoms with Crippen LogP contribution in [-0.2, 0) is 70.4 Å². The number of likely N-dealkylation sites (tertiary alicyclic amines) is 1. The summed E-state index contributed by atoms with van der Waals surface area (Å²) in [6.07, 6.45) is 1.96. The maximum atomic E-state index is 14.7. The molecule has 3 rings (SSSR count). The van der Waals surface area contributed by atoms with Crippen LogP contribution in [0.1, 0.15) is 135 Å². The van der Waals surface area contributed by atoms with Crippen LogP contribution in [0.2, 0.25) is 0 Å². The van der Waals surface area contributed by atoms with Crippen molar-refractivity contribution in [2.24, 2.45) is 67.7 Å². The van der Waals surface area contributed by atoms with Crippen molar-refractivity contribution in [2.75, 3.05) is 39.3 Å². The maximum absolute atomic E-state index is 14.7. The third-order valence-corrected chi connectivity index (χ3v) is 16.4. The molecule has 1 fully saturated rings. The van der Waals surface area contributed by atoms with Crippen molar-refractivity contribution in [1.29, 1.82) is 0 Å². The quantitative estimate of drug-likeness (QED) is 0.0170. The summed E-state index contributed by atoms with van der Waals surface area (Å²) in [7, 11) is 0. The zero-order chi connectivity index (χ0) is 73.7. The van der Waals surface area contributed by atoms with Gasteiger partial charge in [0, 0.05) is 26.1 Å². The molecule has 550 valence electrons. The van der Waals surface area contributed by atoms with E-state index in [9.17, 15) is 67.7 Å². The van der Waals surface area contributed by atoms with Crippen LogP contribution in [0.15, 0.2) is 64.6 Å². The highest BCUT2D eigenvalue weighted by Gasteiger charge is 2.41. The highest BCUT2D eigenvalue weighted by molar-refractivity contribution is 5.99. The van der Waals surface area contributed by atoms with Crippen molar-refractivity contribution >= 4 is 82.9 Å². The van der Waals surface area contributed by atoms with Gasteiger partial charge in [-0.25, -0.2) is 0 Å². The Morgan fingerprint density at radius 3 is 1.60 bits per heavy atom. The molecule has 2 aromatic carbocycles.